The molecule has 0 aliphatic heterocycles. The van der Waals surface area contributed by atoms with E-state index < -0.39 is 18.9 Å². The first-order valence-corrected chi connectivity index (χ1v) is 4.97. The number of halogens is 2. The quantitative estimate of drug-likeness (QED) is 0.895. The Hall–Kier alpha value is -1.98. The minimum Gasteiger partial charge on any atom is -0.478 e. The van der Waals surface area contributed by atoms with Crippen molar-refractivity contribution in [3.05, 3.63) is 29.6 Å². The van der Waals surface area contributed by atoms with Crippen LogP contribution >= 0.6 is 0 Å². The molecule has 1 aromatic carbocycles. The number of carbonyl (C=O) groups is 1. The van der Waals surface area contributed by atoms with Crippen LogP contribution in [-0.2, 0) is 6.54 Å². The summed E-state index contributed by atoms with van der Waals surface area (Å²) >= 11 is 0. The lowest BCUT2D eigenvalue weighted by Gasteiger charge is -2.05. The molecule has 1 N–H and O–H groups in total. The topological polar surface area (TPSA) is 55.1 Å². The number of carboxylic acids is 1. The molecule has 6 heteroatoms. The zero-order valence-corrected chi connectivity index (χ0v) is 9.02. The van der Waals surface area contributed by atoms with Crippen molar-refractivity contribution < 1.29 is 18.7 Å². The Morgan fingerprint density at radius 3 is 2.82 bits per heavy atom. The van der Waals surface area contributed by atoms with Crippen molar-refractivity contribution in [1.29, 1.82) is 0 Å². The molecule has 0 bridgehead atoms. The van der Waals surface area contributed by atoms with Gasteiger partial charge in [0.1, 0.15) is 5.82 Å². The SMILES string of the molecule is Cc1nc2ccc(C(=O)O)cc2n1CC(F)F. The third kappa shape index (κ3) is 2.11. The summed E-state index contributed by atoms with van der Waals surface area (Å²) in [4.78, 5) is 14.9. The molecule has 0 aliphatic carbocycles. The minimum absolute atomic E-state index is 0.0629. The molecule has 90 valence electrons. The fourth-order valence-electron chi connectivity index (χ4n) is 1.74. The second-order valence-corrected chi connectivity index (χ2v) is 3.67. The van der Waals surface area contributed by atoms with Gasteiger partial charge in [-0.15, -0.1) is 0 Å². The second kappa shape index (κ2) is 4.12. The third-order valence-electron chi connectivity index (χ3n) is 2.51. The predicted octanol–water partition coefficient (Wildman–Crippen LogP) is 2.31. The van der Waals surface area contributed by atoms with E-state index in [1.807, 2.05) is 0 Å². The lowest BCUT2D eigenvalue weighted by Crippen LogP contribution is -2.08. The molecule has 0 amide bonds. The highest BCUT2D eigenvalue weighted by molar-refractivity contribution is 5.92. The number of imidazole rings is 1. The van der Waals surface area contributed by atoms with Gasteiger partial charge in [0.2, 0.25) is 0 Å². The first kappa shape index (κ1) is 11.5. The first-order valence-electron chi connectivity index (χ1n) is 4.97. The number of alkyl halides is 2. The van der Waals surface area contributed by atoms with Crippen molar-refractivity contribution in [1.82, 2.24) is 9.55 Å². The van der Waals surface area contributed by atoms with E-state index in [1.165, 1.54) is 22.8 Å². The summed E-state index contributed by atoms with van der Waals surface area (Å²) in [5.74, 6) is -0.641. The minimum atomic E-state index is -2.50. The van der Waals surface area contributed by atoms with Crippen LogP contribution in [0, 0.1) is 6.92 Å². The highest BCUT2D eigenvalue weighted by Crippen LogP contribution is 2.19. The van der Waals surface area contributed by atoms with Crippen molar-refractivity contribution in [3.63, 3.8) is 0 Å². The molecule has 0 saturated carbocycles. The van der Waals surface area contributed by atoms with E-state index in [4.69, 9.17) is 5.11 Å². The van der Waals surface area contributed by atoms with Crippen LogP contribution in [0.25, 0.3) is 11.0 Å². The average Bonchev–Trinajstić information content (AvgIpc) is 2.54. The number of hydrogen-bond donors (Lipinski definition) is 1. The van der Waals surface area contributed by atoms with Crippen LogP contribution in [0.1, 0.15) is 16.2 Å². The molecular weight excluding hydrogens is 230 g/mol. The molecule has 0 aliphatic rings. The average molecular weight is 240 g/mol. The highest BCUT2D eigenvalue weighted by Gasteiger charge is 2.13. The molecule has 1 heterocycles. The molecule has 0 unspecified atom stereocenters. The number of aromatic carboxylic acids is 1. The Labute approximate surface area is 95.5 Å². The molecule has 4 nitrogen and oxygen atoms in total. The van der Waals surface area contributed by atoms with Gasteiger partial charge in [-0.05, 0) is 25.1 Å². The Bertz CT molecular complexity index is 578. The maximum absolute atomic E-state index is 12.4. The van der Waals surface area contributed by atoms with Crippen LogP contribution < -0.4 is 0 Å². The molecule has 1 aromatic heterocycles. The number of aromatic nitrogens is 2. The van der Waals surface area contributed by atoms with Gasteiger partial charge >= 0.3 is 5.97 Å². The highest BCUT2D eigenvalue weighted by atomic mass is 19.3. The summed E-state index contributed by atoms with van der Waals surface area (Å²) in [5, 5.41) is 8.85. The third-order valence-corrected chi connectivity index (χ3v) is 2.51. The van der Waals surface area contributed by atoms with Gasteiger partial charge in [0.05, 0.1) is 23.1 Å². The smallest absolute Gasteiger partial charge is 0.335 e. The van der Waals surface area contributed by atoms with E-state index in [-0.39, 0.29) is 5.56 Å². The lowest BCUT2D eigenvalue weighted by atomic mass is 10.2. The zero-order valence-electron chi connectivity index (χ0n) is 9.02. The number of carboxylic acid groups (broad SMARTS) is 1. The lowest BCUT2D eigenvalue weighted by molar-refractivity contribution is 0.0697. The summed E-state index contributed by atoms with van der Waals surface area (Å²) in [6.07, 6.45) is -2.50. The molecule has 0 saturated heterocycles. The van der Waals surface area contributed by atoms with E-state index in [2.05, 4.69) is 4.98 Å². The largest absolute Gasteiger partial charge is 0.478 e. The normalized spacial score (nSPS) is 11.3. The van der Waals surface area contributed by atoms with Crippen molar-refractivity contribution in [2.24, 2.45) is 0 Å². The van der Waals surface area contributed by atoms with Crippen molar-refractivity contribution in [2.45, 2.75) is 19.9 Å². The monoisotopic (exact) mass is 240 g/mol. The number of rotatable bonds is 3. The fourth-order valence-corrected chi connectivity index (χ4v) is 1.74. The standard InChI is InChI=1S/C11H10F2N2O2/c1-6-14-8-3-2-7(11(16)17)4-9(8)15(6)5-10(12)13/h2-4,10H,5H2,1H3,(H,16,17). The van der Waals surface area contributed by atoms with Gasteiger partial charge in [0, 0.05) is 0 Å². The maximum Gasteiger partial charge on any atom is 0.335 e. The van der Waals surface area contributed by atoms with Gasteiger partial charge in [0.25, 0.3) is 6.43 Å². The Morgan fingerprint density at radius 2 is 2.24 bits per heavy atom. The summed E-state index contributed by atoms with van der Waals surface area (Å²) in [7, 11) is 0. The van der Waals surface area contributed by atoms with E-state index in [9.17, 15) is 13.6 Å². The maximum atomic E-state index is 12.4. The van der Waals surface area contributed by atoms with Gasteiger partial charge in [-0.1, -0.05) is 0 Å². The zero-order chi connectivity index (χ0) is 12.6. The molecule has 17 heavy (non-hydrogen) atoms. The van der Waals surface area contributed by atoms with Crippen LogP contribution in [0.15, 0.2) is 18.2 Å². The predicted molar refractivity (Wildman–Crippen MR) is 57.4 cm³/mol. The Balaban J connectivity index is 2.60. The first-order chi connectivity index (χ1) is 7.99. The molecule has 0 spiro atoms. The molecule has 0 fully saturated rings. The van der Waals surface area contributed by atoms with Gasteiger partial charge in [-0.2, -0.15) is 0 Å². The van der Waals surface area contributed by atoms with E-state index in [0.717, 1.165) is 0 Å². The molecule has 2 aromatic rings. The second-order valence-electron chi connectivity index (χ2n) is 3.67. The molecular formula is C11H10F2N2O2. The van der Waals surface area contributed by atoms with Crippen LogP contribution in [0.4, 0.5) is 8.78 Å². The fraction of sp³-hybridized carbons (Fsp3) is 0.273. The van der Waals surface area contributed by atoms with Crippen LogP contribution in [-0.4, -0.2) is 27.1 Å². The summed E-state index contributed by atoms with van der Waals surface area (Å²) in [5.41, 5.74) is 1.00. The number of hydrogen-bond acceptors (Lipinski definition) is 2. The van der Waals surface area contributed by atoms with Crippen molar-refractivity contribution in [2.75, 3.05) is 0 Å². The Kier molecular flexibility index (Phi) is 2.79. The van der Waals surface area contributed by atoms with Crippen LogP contribution in [0.2, 0.25) is 0 Å². The Morgan fingerprint density at radius 1 is 1.53 bits per heavy atom. The van der Waals surface area contributed by atoms with Crippen LogP contribution in [0.3, 0.4) is 0 Å². The number of fused-ring (bicyclic) bond motifs is 1. The van der Waals surface area contributed by atoms with Crippen molar-refractivity contribution in [3.8, 4) is 0 Å². The molecule has 0 radical (unpaired) electrons. The summed E-state index contributed by atoms with van der Waals surface area (Å²) in [6.45, 7) is 1.13. The van der Waals surface area contributed by atoms with Crippen LogP contribution in [0.5, 0.6) is 0 Å². The number of nitrogens with zero attached hydrogens (tertiary/aromatic N) is 2. The van der Waals surface area contributed by atoms with Gasteiger partial charge < -0.3 is 9.67 Å². The van der Waals surface area contributed by atoms with Gasteiger partial charge in [0.15, 0.2) is 0 Å². The van der Waals surface area contributed by atoms with E-state index >= 15 is 0 Å². The van der Waals surface area contributed by atoms with E-state index in [1.54, 1.807) is 6.92 Å². The molecule has 0 atom stereocenters. The van der Waals surface area contributed by atoms with Crippen molar-refractivity contribution >= 4 is 17.0 Å². The van der Waals surface area contributed by atoms with Gasteiger partial charge in [-0.3, -0.25) is 0 Å². The summed E-state index contributed by atoms with van der Waals surface area (Å²) < 4.78 is 26.1. The number of aryl methyl sites for hydroxylation is 1. The van der Waals surface area contributed by atoms with E-state index in [0.29, 0.717) is 16.9 Å². The van der Waals surface area contributed by atoms with Gasteiger partial charge in [-0.25, -0.2) is 18.6 Å². The number of benzene rings is 1. The molecule has 2 rings (SSSR count). The summed E-state index contributed by atoms with van der Waals surface area (Å²) in [6, 6.07) is 4.29.